The normalized spacial score (nSPS) is 32.6. The Hall–Kier alpha value is -1.52. The zero-order chi connectivity index (χ0) is 20.3. The van der Waals surface area contributed by atoms with Crippen molar-refractivity contribution in [1.82, 2.24) is 0 Å². The first kappa shape index (κ1) is 21.2. The molecular formula is C24H37NO3. The molecule has 2 unspecified atom stereocenters. The van der Waals surface area contributed by atoms with Crippen LogP contribution in [0.15, 0.2) is 36.5 Å². The van der Waals surface area contributed by atoms with Gasteiger partial charge in [0, 0.05) is 18.0 Å². The molecule has 1 aromatic rings. The standard InChI is InChI=1S/C24H37NO3/c1-15-5-11-22(23-14-27-17(3)6-12-21(15)23)18(4)24(26)28-20-9-7-19(8-10-20)13-16(2)25/h7-10,15,17-18,21-24,26H,2,5-6,11-14,25H2,1,3-4H3/t15-,17?,18-,21+,22+,23?,24-/m1/s1. The molecular weight excluding hydrogens is 350 g/mol. The lowest BCUT2D eigenvalue weighted by molar-refractivity contribution is -0.105. The lowest BCUT2D eigenvalue weighted by atomic mass is 9.62. The first-order valence-corrected chi connectivity index (χ1v) is 10.8. The second-order valence-electron chi connectivity index (χ2n) is 9.11. The van der Waals surface area contributed by atoms with E-state index in [2.05, 4.69) is 27.4 Å². The van der Waals surface area contributed by atoms with E-state index in [0.717, 1.165) is 30.9 Å². The highest BCUT2D eigenvalue weighted by atomic mass is 16.6. The minimum atomic E-state index is -0.810. The van der Waals surface area contributed by atoms with Crippen LogP contribution in [0.2, 0.25) is 0 Å². The number of hydrogen-bond donors (Lipinski definition) is 2. The van der Waals surface area contributed by atoms with Crippen LogP contribution in [0.4, 0.5) is 0 Å². The molecule has 3 N–H and O–H groups in total. The van der Waals surface area contributed by atoms with Crippen molar-refractivity contribution in [2.45, 2.75) is 65.3 Å². The van der Waals surface area contributed by atoms with Gasteiger partial charge in [-0.3, -0.25) is 0 Å². The molecule has 2 fully saturated rings. The van der Waals surface area contributed by atoms with Gasteiger partial charge in [-0.05, 0) is 67.6 Å². The molecule has 28 heavy (non-hydrogen) atoms. The monoisotopic (exact) mass is 387 g/mol. The lowest BCUT2D eigenvalue weighted by Crippen LogP contribution is -2.42. The number of aliphatic hydroxyl groups is 1. The molecule has 1 aliphatic heterocycles. The number of rotatable bonds is 6. The molecule has 4 heteroatoms. The van der Waals surface area contributed by atoms with Gasteiger partial charge >= 0.3 is 0 Å². The van der Waals surface area contributed by atoms with E-state index in [9.17, 15) is 5.11 Å². The fourth-order valence-electron chi connectivity index (χ4n) is 5.21. The van der Waals surface area contributed by atoms with E-state index >= 15 is 0 Å². The average molecular weight is 388 g/mol. The van der Waals surface area contributed by atoms with Crippen molar-refractivity contribution in [3.63, 3.8) is 0 Å². The van der Waals surface area contributed by atoms with Crippen LogP contribution in [0.5, 0.6) is 5.75 Å². The number of fused-ring (bicyclic) bond motifs is 1. The van der Waals surface area contributed by atoms with Gasteiger partial charge in [0.05, 0.1) is 12.7 Å². The van der Waals surface area contributed by atoms with E-state index in [0.29, 0.717) is 41.7 Å². The van der Waals surface area contributed by atoms with Crippen LogP contribution < -0.4 is 10.5 Å². The molecule has 0 bridgehead atoms. The molecule has 156 valence electrons. The van der Waals surface area contributed by atoms with Gasteiger partial charge in [0.25, 0.3) is 0 Å². The van der Waals surface area contributed by atoms with Gasteiger partial charge in [0.1, 0.15) is 5.75 Å². The number of ether oxygens (including phenoxy) is 2. The highest BCUT2D eigenvalue weighted by Gasteiger charge is 2.43. The topological polar surface area (TPSA) is 64.7 Å². The van der Waals surface area contributed by atoms with Gasteiger partial charge in [-0.1, -0.05) is 39.0 Å². The van der Waals surface area contributed by atoms with E-state index in [-0.39, 0.29) is 5.92 Å². The summed E-state index contributed by atoms with van der Waals surface area (Å²) in [7, 11) is 0. The molecule has 1 heterocycles. The van der Waals surface area contributed by atoms with E-state index in [1.54, 1.807) is 0 Å². The molecule has 0 radical (unpaired) electrons. The average Bonchev–Trinajstić information content (AvgIpc) is 2.85. The van der Waals surface area contributed by atoms with Gasteiger partial charge < -0.3 is 20.3 Å². The Morgan fingerprint density at radius 3 is 2.57 bits per heavy atom. The molecule has 1 saturated heterocycles. The molecule has 1 saturated carbocycles. The maximum atomic E-state index is 10.8. The predicted molar refractivity (Wildman–Crippen MR) is 113 cm³/mol. The Balaban J connectivity index is 1.64. The molecule has 2 aliphatic rings. The molecule has 3 rings (SSSR count). The van der Waals surface area contributed by atoms with Gasteiger partial charge in [-0.15, -0.1) is 0 Å². The molecule has 0 amide bonds. The van der Waals surface area contributed by atoms with Crippen LogP contribution in [0.3, 0.4) is 0 Å². The van der Waals surface area contributed by atoms with E-state index in [1.165, 1.54) is 12.8 Å². The van der Waals surface area contributed by atoms with Crippen LogP contribution in [-0.2, 0) is 11.2 Å². The van der Waals surface area contributed by atoms with Crippen LogP contribution in [0.1, 0.15) is 52.0 Å². The lowest BCUT2D eigenvalue weighted by Gasteiger charge is -2.44. The van der Waals surface area contributed by atoms with Gasteiger partial charge in [-0.2, -0.15) is 0 Å². The van der Waals surface area contributed by atoms with Crippen LogP contribution in [-0.4, -0.2) is 24.1 Å². The zero-order valence-corrected chi connectivity index (χ0v) is 17.6. The highest BCUT2D eigenvalue weighted by Crippen LogP contribution is 2.46. The third kappa shape index (κ3) is 5.09. The minimum absolute atomic E-state index is 0.0699. The largest absolute Gasteiger partial charge is 0.465 e. The quantitative estimate of drug-likeness (QED) is 0.705. The Bertz CT molecular complexity index is 644. The summed E-state index contributed by atoms with van der Waals surface area (Å²) in [6, 6.07) is 7.75. The second kappa shape index (κ2) is 9.32. The number of benzene rings is 1. The third-order valence-corrected chi connectivity index (χ3v) is 7.00. The first-order valence-electron chi connectivity index (χ1n) is 10.8. The van der Waals surface area contributed by atoms with Crippen molar-refractivity contribution in [2.75, 3.05) is 6.61 Å². The fourth-order valence-corrected chi connectivity index (χ4v) is 5.21. The summed E-state index contributed by atoms with van der Waals surface area (Å²) in [5.74, 6) is 3.14. The van der Waals surface area contributed by atoms with Crippen molar-refractivity contribution < 1.29 is 14.6 Å². The van der Waals surface area contributed by atoms with Crippen molar-refractivity contribution >= 4 is 0 Å². The fraction of sp³-hybridized carbons (Fsp3) is 0.667. The summed E-state index contributed by atoms with van der Waals surface area (Å²) in [6.07, 6.45) is 4.94. The number of nitrogens with two attached hydrogens (primary N) is 1. The maximum absolute atomic E-state index is 10.8. The summed E-state index contributed by atoms with van der Waals surface area (Å²) in [4.78, 5) is 0. The van der Waals surface area contributed by atoms with Gasteiger partial charge in [0.15, 0.2) is 6.29 Å². The van der Waals surface area contributed by atoms with Gasteiger partial charge in [-0.25, -0.2) is 0 Å². The molecule has 7 atom stereocenters. The third-order valence-electron chi connectivity index (χ3n) is 7.00. The first-order chi connectivity index (χ1) is 13.3. The number of aliphatic hydroxyl groups excluding tert-OH is 1. The van der Waals surface area contributed by atoms with Crippen LogP contribution >= 0.6 is 0 Å². The summed E-state index contributed by atoms with van der Waals surface area (Å²) in [5, 5.41) is 10.8. The van der Waals surface area contributed by atoms with E-state index < -0.39 is 6.29 Å². The summed E-state index contributed by atoms with van der Waals surface area (Å²) in [6.45, 7) is 11.3. The Morgan fingerprint density at radius 2 is 1.89 bits per heavy atom. The summed E-state index contributed by atoms with van der Waals surface area (Å²) >= 11 is 0. The van der Waals surface area contributed by atoms with Crippen LogP contribution in [0, 0.1) is 29.6 Å². The smallest absolute Gasteiger partial charge is 0.200 e. The Morgan fingerprint density at radius 1 is 1.18 bits per heavy atom. The maximum Gasteiger partial charge on any atom is 0.200 e. The Labute approximate surface area is 170 Å². The van der Waals surface area contributed by atoms with Crippen molar-refractivity contribution in [3.8, 4) is 5.75 Å². The van der Waals surface area contributed by atoms with Crippen molar-refractivity contribution in [1.29, 1.82) is 0 Å². The molecule has 4 nitrogen and oxygen atoms in total. The molecule has 0 spiro atoms. The predicted octanol–water partition coefficient (Wildman–Crippen LogP) is 4.51. The van der Waals surface area contributed by atoms with E-state index in [4.69, 9.17) is 15.2 Å². The zero-order valence-electron chi connectivity index (χ0n) is 17.6. The molecule has 1 aromatic carbocycles. The SMILES string of the molecule is C=C(N)Cc1ccc(O[C@@H](O)[C@H](C)[C@@H]2CC[C@@H](C)[C@@H]3CCC(C)OCC23)cc1. The summed E-state index contributed by atoms with van der Waals surface area (Å²) < 4.78 is 12.0. The number of allylic oxidation sites excluding steroid dienone is 1. The molecule has 1 aliphatic carbocycles. The van der Waals surface area contributed by atoms with Crippen molar-refractivity contribution in [2.24, 2.45) is 35.3 Å². The number of hydrogen-bond acceptors (Lipinski definition) is 4. The van der Waals surface area contributed by atoms with Crippen LogP contribution in [0.25, 0.3) is 0 Å². The molecule has 0 aromatic heterocycles. The van der Waals surface area contributed by atoms with Crippen molar-refractivity contribution in [3.05, 3.63) is 42.1 Å². The summed E-state index contributed by atoms with van der Waals surface area (Å²) in [5.41, 5.74) is 7.41. The Kier molecular flexibility index (Phi) is 7.05. The highest BCUT2D eigenvalue weighted by molar-refractivity contribution is 5.29. The van der Waals surface area contributed by atoms with E-state index in [1.807, 2.05) is 24.3 Å². The second-order valence-corrected chi connectivity index (χ2v) is 9.11. The minimum Gasteiger partial charge on any atom is -0.465 e. The van der Waals surface area contributed by atoms with Gasteiger partial charge in [0.2, 0.25) is 0 Å².